The Morgan fingerprint density at radius 1 is 0.968 bits per heavy atom. The highest BCUT2D eigenvalue weighted by Gasteiger charge is 2.42. The molecule has 5 rings (SSSR count). The van der Waals surface area contributed by atoms with Gasteiger partial charge in [0.15, 0.2) is 0 Å². The molecule has 1 fully saturated rings. The third-order valence-electron chi connectivity index (χ3n) is 6.20. The van der Waals surface area contributed by atoms with E-state index in [0.717, 1.165) is 28.0 Å². The zero-order valence-corrected chi connectivity index (χ0v) is 17.4. The van der Waals surface area contributed by atoms with E-state index in [1.807, 2.05) is 31.2 Å². The minimum absolute atomic E-state index is 0.143. The number of carbonyl (C=O) groups excluding carboxylic acids is 1. The Labute approximate surface area is 181 Å². The van der Waals surface area contributed by atoms with Crippen LogP contribution in [0, 0.1) is 12.7 Å². The van der Waals surface area contributed by atoms with Gasteiger partial charge in [0.25, 0.3) is 5.91 Å². The minimum atomic E-state index is -0.713. The van der Waals surface area contributed by atoms with Crippen LogP contribution < -0.4 is 4.74 Å². The first kappa shape index (κ1) is 19.8. The van der Waals surface area contributed by atoms with Crippen molar-refractivity contribution in [2.75, 3.05) is 13.1 Å². The molecular formula is C26H24FNO3. The van der Waals surface area contributed by atoms with Crippen molar-refractivity contribution in [3.63, 3.8) is 0 Å². The molecule has 2 aliphatic heterocycles. The number of halogens is 1. The van der Waals surface area contributed by atoms with E-state index in [9.17, 15) is 9.18 Å². The van der Waals surface area contributed by atoms with Crippen LogP contribution in [0.4, 0.5) is 4.39 Å². The fraction of sp³-hybridized carbons (Fsp3) is 0.269. The van der Waals surface area contributed by atoms with Crippen LogP contribution in [0.1, 0.15) is 34.3 Å². The third kappa shape index (κ3) is 3.81. The van der Waals surface area contributed by atoms with Crippen molar-refractivity contribution in [1.29, 1.82) is 0 Å². The molecule has 4 nitrogen and oxygen atoms in total. The molecule has 2 heterocycles. The van der Waals surface area contributed by atoms with Crippen LogP contribution in [0.25, 0.3) is 11.1 Å². The molecule has 0 saturated carbocycles. The normalized spacial score (nSPS) is 17.2. The van der Waals surface area contributed by atoms with Crippen molar-refractivity contribution in [2.45, 2.75) is 32.2 Å². The summed E-state index contributed by atoms with van der Waals surface area (Å²) in [5.41, 5.74) is 4.51. The van der Waals surface area contributed by atoms with Crippen LogP contribution in [0.3, 0.4) is 0 Å². The van der Waals surface area contributed by atoms with Gasteiger partial charge in [-0.1, -0.05) is 42.5 Å². The average molecular weight is 417 g/mol. The summed E-state index contributed by atoms with van der Waals surface area (Å²) in [6.07, 6.45) is 1.15. The first-order chi connectivity index (χ1) is 15.0. The molecule has 0 unspecified atom stereocenters. The Kier molecular flexibility index (Phi) is 4.98. The van der Waals surface area contributed by atoms with Crippen LogP contribution in [-0.4, -0.2) is 29.7 Å². The summed E-state index contributed by atoms with van der Waals surface area (Å²) < 4.78 is 26.1. The van der Waals surface area contributed by atoms with E-state index in [2.05, 4.69) is 24.3 Å². The van der Waals surface area contributed by atoms with Gasteiger partial charge in [-0.25, -0.2) is 4.39 Å². The summed E-state index contributed by atoms with van der Waals surface area (Å²) >= 11 is 0. The molecule has 158 valence electrons. The van der Waals surface area contributed by atoms with Gasteiger partial charge in [-0.3, -0.25) is 4.79 Å². The Hall–Kier alpha value is -3.18. The van der Waals surface area contributed by atoms with Gasteiger partial charge >= 0.3 is 0 Å². The van der Waals surface area contributed by atoms with Gasteiger partial charge in [0, 0.05) is 37.1 Å². The van der Waals surface area contributed by atoms with Crippen molar-refractivity contribution in [3.05, 3.63) is 89.2 Å². The SMILES string of the molecule is Cc1ccc(F)cc1C(=O)N1CCC2(CC1)OCc1cc(-c3ccccc3)ccc1O2. The maximum absolute atomic E-state index is 13.6. The van der Waals surface area contributed by atoms with Crippen molar-refractivity contribution in [2.24, 2.45) is 0 Å². The van der Waals surface area contributed by atoms with E-state index in [0.29, 0.717) is 38.1 Å². The van der Waals surface area contributed by atoms with Gasteiger partial charge in [0.05, 0.1) is 6.61 Å². The van der Waals surface area contributed by atoms with E-state index < -0.39 is 11.6 Å². The van der Waals surface area contributed by atoms with Crippen molar-refractivity contribution < 1.29 is 18.7 Å². The number of hydrogen-bond donors (Lipinski definition) is 0. The van der Waals surface area contributed by atoms with Gasteiger partial charge in [0.2, 0.25) is 5.79 Å². The standard InChI is InChI=1S/C26H24FNO3/c1-18-7-9-22(27)16-23(18)25(29)28-13-11-26(12-14-28)30-17-21-15-20(8-10-24(21)31-26)19-5-3-2-4-6-19/h2-10,15-16H,11-14,17H2,1H3. The van der Waals surface area contributed by atoms with E-state index in [1.54, 1.807) is 11.0 Å². The number of benzene rings is 3. The summed E-state index contributed by atoms with van der Waals surface area (Å²) in [6, 6.07) is 20.7. The maximum atomic E-state index is 13.6. The van der Waals surface area contributed by atoms with Gasteiger partial charge in [0.1, 0.15) is 11.6 Å². The Balaban J connectivity index is 1.29. The molecule has 0 atom stereocenters. The van der Waals surface area contributed by atoms with Crippen molar-refractivity contribution >= 4 is 5.91 Å². The smallest absolute Gasteiger partial charge is 0.254 e. The summed E-state index contributed by atoms with van der Waals surface area (Å²) in [5, 5.41) is 0. The van der Waals surface area contributed by atoms with Crippen LogP contribution in [0.15, 0.2) is 66.7 Å². The zero-order valence-electron chi connectivity index (χ0n) is 17.4. The van der Waals surface area contributed by atoms with Crippen LogP contribution in [0.5, 0.6) is 5.75 Å². The summed E-state index contributed by atoms with van der Waals surface area (Å²) in [4.78, 5) is 14.6. The Bertz CT molecular complexity index is 1120. The number of fused-ring (bicyclic) bond motifs is 1. The second-order valence-corrected chi connectivity index (χ2v) is 8.24. The predicted octanol–water partition coefficient (Wildman–Crippen LogP) is 5.34. The number of carbonyl (C=O) groups is 1. The number of amides is 1. The highest BCUT2D eigenvalue weighted by molar-refractivity contribution is 5.95. The molecule has 3 aromatic carbocycles. The Morgan fingerprint density at radius 3 is 2.52 bits per heavy atom. The van der Waals surface area contributed by atoms with Crippen LogP contribution in [0.2, 0.25) is 0 Å². The van der Waals surface area contributed by atoms with Gasteiger partial charge in [-0.2, -0.15) is 0 Å². The lowest BCUT2D eigenvalue weighted by atomic mass is 9.98. The summed E-state index contributed by atoms with van der Waals surface area (Å²) in [7, 11) is 0. The number of aryl methyl sites for hydroxylation is 1. The van der Waals surface area contributed by atoms with E-state index in [1.165, 1.54) is 12.1 Å². The molecule has 0 aromatic heterocycles. The van der Waals surface area contributed by atoms with Crippen molar-refractivity contribution in [1.82, 2.24) is 4.90 Å². The molecule has 0 bridgehead atoms. The number of rotatable bonds is 2. The monoisotopic (exact) mass is 417 g/mol. The number of ether oxygens (including phenoxy) is 2. The molecule has 2 aliphatic rings. The summed E-state index contributed by atoms with van der Waals surface area (Å²) in [6.45, 7) is 3.32. The van der Waals surface area contributed by atoms with E-state index >= 15 is 0 Å². The maximum Gasteiger partial charge on any atom is 0.254 e. The molecule has 3 aromatic rings. The molecule has 31 heavy (non-hydrogen) atoms. The van der Waals surface area contributed by atoms with E-state index in [-0.39, 0.29) is 5.91 Å². The van der Waals surface area contributed by atoms with Gasteiger partial charge in [-0.15, -0.1) is 0 Å². The molecule has 1 spiro atoms. The largest absolute Gasteiger partial charge is 0.462 e. The zero-order chi connectivity index (χ0) is 21.4. The summed E-state index contributed by atoms with van der Waals surface area (Å²) in [5.74, 6) is -0.412. The molecule has 0 N–H and O–H groups in total. The molecular weight excluding hydrogens is 393 g/mol. The molecule has 1 saturated heterocycles. The first-order valence-corrected chi connectivity index (χ1v) is 10.6. The molecule has 1 amide bonds. The van der Waals surface area contributed by atoms with Crippen molar-refractivity contribution in [3.8, 4) is 16.9 Å². The topological polar surface area (TPSA) is 38.8 Å². The third-order valence-corrected chi connectivity index (χ3v) is 6.20. The first-order valence-electron chi connectivity index (χ1n) is 10.6. The molecule has 0 radical (unpaired) electrons. The lowest BCUT2D eigenvalue weighted by molar-refractivity contribution is -0.225. The molecule has 5 heteroatoms. The lowest BCUT2D eigenvalue weighted by Crippen LogP contribution is -2.52. The highest BCUT2D eigenvalue weighted by atomic mass is 19.1. The number of nitrogens with zero attached hydrogens (tertiary/aromatic N) is 1. The quantitative estimate of drug-likeness (QED) is 0.565. The van der Waals surface area contributed by atoms with Crippen LogP contribution >= 0.6 is 0 Å². The number of likely N-dealkylation sites (tertiary alicyclic amines) is 1. The predicted molar refractivity (Wildman–Crippen MR) is 116 cm³/mol. The highest BCUT2D eigenvalue weighted by Crippen LogP contribution is 2.39. The Morgan fingerprint density at radius 2 is 1.74 bits per heavy atom. The van der Waals surface area contributed by atoms with Crippen LogP contribution in [-0.2, 0) is 11.3 Å². The number of hydrogen-bond acceptors (Lipinski definition) is 3. The van der Waals surface area contributed by atoms with E-state index in [4.69, 9.17) is 9.47 Å². The number of piperidine rings is 1. The minimum Gasteiger partial charge on any atom is -0.462 e. The second-order valence-electron chi connectivity index (χ2n) is 8.24. The van der Waals surface area contributed by atoms with Gasteiger partial charge < -0.3 is 14.4 Å². The second kappa shape index (κ2) is 7.82. The fourth-order valence-corrected chi connectivity index (χ4v) is 4.33. The fourth-order valence-electron chi connectivity index (χ4n) is 4.33. The lowest BCUT2D eigenvalue weighted by Gasteiger charge is -2.44. The molecule has 0 aliphatic carbocycles. The average Bonchev–Trinajstić information content (AvgIpc) is 2.81. The van der Waals surface area contributed by atoms with Gasteiger partial charge in [-0.05, 0) is 47.9 Å².